The van der Waals surface area contributed by atoms with Gasteiger partial charge in [-0.3, -0.25) is 4.79 Å². The van der Waals surface area contributed by atoms with Gasteiger partial charge in [0.05, 0.1) is 16.6 Å². The van der Waals surface area contributed by atoms with E-state index in [9.17, 15) is 10.1 Å². The molecule has 5 rings (SSSR count). The smallest absolute Gasteiger partial charge is 0.270 e. The molecule has 0 unspecified atom stereocenters. The SMILES string of the molecule is CCC1(c2nc3ccccc3o2)CCN(c2c(C#N)c(=O)n(C)c3cc(Br)ccc23)CC1. The fraction of sp³-hybridized carbons (Fsp3) is 0.320. The second-order valence-electron chi connectivity index (χ2n) is 8.47. The number of rotatable bonds is 3. The Morgan fingerprint density at radius 2 is 1.97 bits per heavy atom. The van der Waals surface area contributed by atoms with Crippen LogP contribution >= 0.6 is 15.9 Å². The molecular formula is C25H23BrN4O2. The number of halogens is 1. The van der Waals surface area contributed by atoms with Crippen LogP contribution in [-0.4, -0.2) is 22.6 Å². The number of benzene rings is 2. The first kappa shape index (κ1) is 20.8. The number of aryl methyl sites for hydroxylation is 1. The minimum Gasteiger partial charge on any atom is -0.440 e. The van der Waals surface area contributed by atoms with E-state index in [-0.39, 0.29) is 16.5 Å². The van der Waals surface area contributed by atoms with Crippen molar-refractivity contribution in [2.45, 2.75) is 31.6 Å². The predicted molar refractivity (Wildman–Crippen MR) is 129 cm³/mol. The minimum absolute atomic E-state index is 0.152. The van der Waals surface area contributed by atoms with Crippen LogP contribution in [-0.2, 0) is 12.5 Å². The van der Waals surface area contributed by atoms with Crippen LogP contribution in [0.15, 0.2) is 56.1 Å². The van der Waals surface area contributed by atoms with Gasteiger partial charge in [-0.15, -0.1) is 0 Å². The first-order chi connectivity index (χ1) is 15.5. The van der Waals surface area contributed by atoms with Gasteiger partial charge in [0.15, 0.2) is 5.58 Å². The van der Waals surface area contributed by atoms with E-state index in [1.807, 2.05) is 42.5 Å². The Labute approximate surface area is 194 Å². The van der Waals surface area contributed by atoms with Gasteiger partial charge in [-0.2, -0.15) is 5.26 Å². The van der Waals surface area contributed by atoms with Crippen molar-refractivity contribution in [2.24, 2.45) is 7.05 Å². The maximum atomic E-state index is 13.0. The second-order valence-corrected chi connectivity index (χ2v) is 9.38. The molecule has 1 aliphatic heterocycles. The second kappa shape index (κ2) is 7.79. The molecule has 0 N–H and O–H groups in total. The van der Waals surface area contributed by atoms with Gasteiger partial charge >= 0.3 is 0 Å². The monoisotopic (exact) mass is 490 g/mol. The van der Waals surface area contributed by atoms with E-state index in [2.05, 4.69) is 33.8 Å². The predicted octanol–water partition coefficient (Wildman–Crippen LogP) is 5.26. The molecule has 2 aromatic heterocycles. The molecule has 4 aromatic rings. The molecule has 0 atom stereocenters. The average Bonchev–Trinajstić information content (AvgIpc) is 3.26. The van der Waals surface area contributed by atoms with Crippen molar-refractivity contribution in [3.05, 3.63) is 68.7 Å². The van der Waals surface area contributed by atoms with Crippen LogP contribution in [0.2, 0.25) is 0 Å². The third-order valence-corrected chi connectivity index (χ3v) is 7.40. The number of anilines is 1. The van der Waals surface area contributed by atoms with E-state index in [1.54, 1.807) is 11.6 Å². The number of fused-ring (bicyclic) bond motifs is 2. The lowest BCUT2D eigenvalue weighted by atomic mass is 9.75. The highest BCUT2D eigenvalue weighted by molar-refractivity contribution is 9.10. The fourth-order valence-corrected chi connectivity index (χ4v) is 5.25. The highest BCUT2D eigenvalue weighted by Gasteiger charge is 2.40. The third-order valence-electron chi connectivity index (χ3n) is 6.90. The number of hydrogen-bond donors (Lipinski definition) is 0. The van der Waals surface area contributed by atoms with Gasteiger partial charge in [-0.25, -0.2) is 4.98 Å². The zero-order chi connectivity index (χ0) is 22.5. The van der Waals surface area contributed by atoms with Crippen molar-refractivity contribution in [1.82, 2.24) is 9.55 Å². The number of para-hydroxylation sites is 2. The van der Waals surface area contributed by atoms with Gasteiger partial charge in [-0.05, 0) is 49.6 Å². The molecule has 3 heterocycles. The number of pyridine rings is 1. The zero-order valence-electron chi connectivity index (χ0n) is 18.1. The van der Waals surface area contributed by atoms with Gasteiger partial charge in [0.2, 0.25) is 5.89 Å². The fourth-order valence-electron chi connectivity index (χ4n) is 4.90. The normalized spacial score (nSPS) is 15.9. The molecule has 1 saturated heterocycles. The van der Waals surface area contributed by atoms with Crippen LogP contribution < -0.4 is 10.5 Å². The molecule has 162 valence electrons. The molecule has 1 aliphatic rings. The summed E-state index contributed by atoms with van der Waals surface area (Å²) >= 11 is 3.50. The van der Waals surface area contributed by atoms with Crippen LogP contribution in [0, 0.1) is 11.3 Å². The Balaban J connectivity index is 1.56. The molecule has 0 bridgehead atoms. The van der Waals surface area contributed by atoms with E-state index in [4.69, 9.17) is 9.40 Å². The molecule has 1 fully saturated rings. The Kier molecular flexibility index (Phi) is 5.06. The standard InChI is InChI=1S/C25H23BrN4O2/c1-3-25(24-28-19-6-4-5-7-21(19)32-24)10-12-30(13-11-25)22-17-9-8-16(26)14-20(17)29(2)23(31)18(22)15-27/h4-9,14H,3,10-13H2,1-2H3. The van der Waals surface area contributed by atoms with Crippen LogP contribution in [0.4, 0.5) is 5.69 Å². The third kappa shape index (κ3) is 3.13. The maximum absolute atomic E-state index is 13.0. The first-order valence-corrected chi connectivity index (χ1v) is 11.6. The van der Waals surface area contributed by atoms with E-state index >= 15 is 0 Å². The number of oxazole rings is 1. The van der Waals surface area contributed by atoms with E-state index < -0.39 is 0 Å². The Morgan fingerprint density at radius 1 is 1.22 bits per heavy atom. The molecule has 2 aromatic carbocycles. The van der Waals surface area contributed by atoms with Gasteiger partial charge < -0.3 is 13.9 Å². The molecule has 0 spiro atoms. The topological polar surface area (TPSA) is 75.1 Å². The number of piperidine rings is 1. The summed E-state index contributed by atoms with van der Waals surface area (Å²) in [5.74, 6) is 0.791. The molecule has 0 amide bonds. The number of nitrogens with zero attached hydrogens (tertiary/aromatic N) is 4. The van der Waals surface area contributed by atoms with Crippen molar-refractivity contribution in [3.63, 3.8) is 0 Å². The van der Waals surface area contributed by atoms with Crippen molar-refractivity contribution in [3.8, 4) is 6.07 Å². The number of aromatic nitrogens is 2. The van der Waals surface area contributed by atoms with Gasteiger partial charge in [0, 0.05) is 30.0 Å². The molecular weight excluding hydrogens is 468 g/mol. The summed E-state index contributed by atoms with van der Waals surface area (Å²) in [6.07, 6.45) is 2.60. The van der Waals surface area contributed by atoms with E-state index in [1.165, 1.54) is 0 Å². The maximum Gasteiger partial charge on any atom is 0.270 e. The average molecular weight is 491 g/mol. The van der Waals surface area contributed by atoms with Gasteiger partial charge in [0.25, 0.3) is 5.56 Å². The molecule has 0 radical (unpaired) electrons. The van der Waals surface area contributed by atoms with E-state index in [0.717, 1.165) is 70.4 Å². The summed E-state index contributed by atoms with van der Waals surface area (Å²) in [7, 11) is 1.72. The van der Waals surface area contributed by atoms with Crippen molar-refractivity contribution in [1.29, 1.82) is 5.26 Å². The summed E-state index contributed by atoms with van der Waals surface area (Å²) in [5, 5.41) is 10.8. The van der Waals surface area contributed by atoms with Crippen molar-refractivity contribution < 1.29 is 4.42 Å². The number of nitriles is 1. The summed E-state index contributed by atoms with van der Waals surface area (Å²) in [5.41, 5.74) is 3.03. The molecule has 7 heteroatoms. The quantitative estimate of drug-likeness (QED) is 0.391. The highest BCUT2D eigenvalue weighted by Crippen LogP contribution is 2.42. The van der Waals surface area contributed by atoms with Crippen molar-refractivity contribution >= 4 is 43.6 Å². The summed E-state index contributed by atoms with van der Waals surface area (Å²) in [4.78, 5) is 20.0. The summed E-state index contributed by atoms with van der Waals surface area (Å²) in [6, 6.07) is 15.9. The van der Waals surface area contributed by atoms with Crippen molar-refractivity contribution in [2.75, 3.05) is 18.0 Å². The minimum atomic E-state index is -0.264. The molecule has 0 aliphatic carbocycles. The zero-order valence-corrected chi connectivity index (χ0v) is 19.6. The highest BCUT2D eigenvalue weighted by atomic mass is 79.9. The summed E-state index contributed by atoms with van der Waals surface area (Å²) in [6.45, 7) is 3.62. The van der Waals surface area contributed by atoms with Gasteiger partial charge in [0.1, 0.15) is 17.1 Å². The molecule has 6 nitrogen and oxygen atoms in total. The molecule has 32 heavy (non-hydrogen) atoms. The van der Waals surface area contributed by atoms with E-state index in [0.29, 0.717) is 0 Å². The lowest BCUT2D eigenvalue weighted by Crippen LogP contribution is -2.43. The van der Waals surface area contributed by atoms with Crippen LogP contribution in [0.5, 0.6) is 0 Å². The summed E-state index contributed by atoms with van der Waals surface area (Å²) < 4.78 is 8.62. The Hall–Kier alpha value is -3.11. The largest absolute Gasteiger partial charge is 0.440 e. The first-order valence-electron chi connectivity index (χ1n) is 10.8. The van der Waals surface area contributed by atoms with Gasteiger partial charge in [-0.1, -0.05) is 35.0 Å². The Morgan fingerprint density at radius 3 is 2.66 bits per heavy atom. The van der Waals surface area contributed by atoms with Crippen LogP contribution in [0.3, 0.4) is 0 Å². The van der Waals surface area contributed by atoms with Crippen LogP contribution in [0.1, 0.15) is 37.6 Å². The lowest BCUT2D eigenvalue weighted by molar-refractivity contribution is 0.259. The molecule has 0 saturated carbocycles. The lowest BCUT2D eigenvalue weighted by Gasteiger charge is -2.41. The Bertz CT molecular complexity index is 1410. The number of hydrogen-bond acceptors (Lipinski definition) is 5. The van der Waals surface area contributed by atoms with Crippen LogP contribution in [0.25, 0.3) is 22.0 Å².